The van der Waals surface area contributed by atoms with Crippen molar-refractivity contribution in [1.82, 2.24) is 10.4 Å². The molecule has 0 atom stereocenters. The maximum Gasteiger partial charge on any atom is 0.191 e. The molecule has 5 heteroatoms. The second-order valence-corrected chi connectivity index (χ2v) is 6.01. The summed E-state index contributed by atoms with van der Waals surface area (Å²) in [4.78, 5) is 4.30. The molecule has 0 aliphatic heterocycles. The minimum Gasteiger partial charge on any atom is -0.331 e. The van der Waals surface area contributed by atoms with Crippen LogP contribution in [-0.2, 0) is 0 Å². The Balaban J connectivity index is 1.63. The first-order valence-electron chi connectivity index (χ1n) is 7.64. The van der Waals surface area contributed by atoms with E-state index in [4.69, 9.17) is 12.2 Å². The third-order valence-electron chi connectivity index (χ3n) is 3.64. The molecule has 3 rings (SSSR count). The van der Waals surface area contributed by atoms with Gasteiger partial charge in [0.25, 0.3) is 0 Å². The van der Waals surface area contributed by atoms with E-state index in [1.54, 1.807) is 12.4 Å². The van der Waals surface area contributed by atoms with Crippen molar-refractivity contribution >= 4 is 40.1 Å². The fraction of sp³-hybridized carbons (Fsp3) is 0.105. The Kier molecular flexibility index (Phi) is 4.82. The quantitative estimate of drug-likeness (QED) is 0.429. The molecule has 1 heterocycles. The SMILES string of the molecule is Cc1ccc(NC(=S)NN=Cc2ccc3ncccc3c2)c(C)c1. The molecule has 3 aromatic rings. The van der Waals surface area contributed by atoms with Crippen LogP contribution in [0.1, 0.15) is 16.7 Å². The van der Waals surface area contributed by atoms with Gasteiger partial charge in [-0.3, -0.25) is 10.4 Å². The highest BCUT2D eigenvalue weighted by Gasteiger charge is 2.00. The summed E-state index contributed by atoms with van der Waals surface area (Å²) in [6.07, 6.45) is 3.53. The van der Waals surface area contributed by atoms with Gasteiger partial charge in [-0.2, -0.15) is 5.10 Å². The second kappa shape index (κ2) is 7.19. The van der Waals surface area contributed by atoms with E-state index in [1.165, 1.54) is 5.56 Å². The number of rotatable bonds is 3. The van der Waals surface area contributed by atoms with Gasteiger partial charge in [0, 0.05) is 17.3 Å². The molecular weight excluding hydrogens is 316 g/mol. The Bertz CT molecular complexity index is 918. The zero-order valence-corrected chi connectivity index (χ0v) is 14.4. The van der Waals surface area contributed by atoms with Crippen LogP contribution >= 0.6 is 12.2 Å². The number of hydrogen-bond acceptors (Lipinski definition) is 3. The van der Waals surface area contributed by atoms with Gasteiger partial charge in [0.1, 0.15) is 0 Å². The number of hydrogen-bond donors (Lipinski definition) is 2. The number of fused-ring (bicyclic) bond motifs is 1. The summed E-state index contributed by atoms with van der Waals surface area (Å²) in [5.41, 5.74) is 8.14. The van der Waals surface area contributed by atoms with Crippen LogP contribution < -0.4 is 10.7 Å². The van der Waals surface area contributed by atoms with Gasteiger partial charge >= 0.3 is 0 Å². The maximum absolute atomic E-state index is 5.27. The van der Waals surface area contributed by atoms with Gasteiger partial charge in [0.2, 0.25) is 0 Å². The van der Waals surface area contributed by atoms with Gasteiger partial charge in [-0.1, -0.05) is 29.8 Å². The normalized spacial score (nSPS) is 10.9. The van der Waals surface area contributed by atoms with E-state index < -0.39 is 0 Å². The minimum absolute atomic E-state index is 0.459. The molecule has 0 amide bonds. The van der Waals surface area contributed by atoms with Crippen molar-refractivity contribution in [3.05, 3.63) is 71.4 Å². The summed E-state index contributed by atoms with van der Waals surface area (Å²) in [6.45, 7) is 4.11. The molecule has 0 aliphatic carbocycles. The smallest absolute Gasteiger partial charge is 0.191 e. The van der Waals surface area contributed by atoms with Gasteiger partial charge in [-0.25, -0.2) is 0 Å². The molecule has 0 aliphatic rings. The van der Waals surface area contributed by atoms with Crippen LogP contribution in [0.2, 0.25) is 0 Å². The fourth-order valence-electron chi connectivity index (χ4n) is 2.44. The first-order valence-corrected chi connectivity index (χ1v) is 8.05. The van der Waals surface area contributed by atoms with Crippen LogP contribution in [0.5, 0.6) is 0 Å². The third kappa shape index (κ3) is 3.94. The Morgan fingerprint density at radius 3 is 2.83 bits per heavy atom. The first kappa shape index (κ1) is 16.1. The largest absolute Gasteiger partial charge is 0.331 e. The average molecular weight is 334 g/mol. The summed E-state index contributed by atoms with van der Waals surface area (Å²) in [5.74, 6) is 0. The van der Waals surface area contributed by atoms with E-state index in [1.807, 2.05) is 49.4 Å². The lowest BCUT2D eigenvalue weighted by Crippen LogP contribution is -2.24. The highest BCUT2D eigenvalue weighted by atomic mass is 32.1. The van der Waals surface area contributed by atoms with E-state index in [9.17, 15) is 0 Å². The molecule has 0 saturated carbocycles. The van der Waals surface area contributed by atoms with Gasteiger partial charge in [-0.05, 0) is 61.5 Å². The molecular formula is C19H18N4S. The van der Waals surface area contributed by atoms with Crippen molar-refractivity contribution < 1.29 is 0 Å². The van der Waals surface area contributed by atoms with Gasteiger partial charge in [-0.15, -0.1) is 0 Å². The van der Waals surface area contributed by atoms with Crippen molar-refractivity contribution in [1.29, 1.82) is 0 Å². The minimum atomic E-state index is 0.459. The molecule has 0 bridgehead atoms. The van der Waals surface area contributed by atoms with Crippen LogP contribution in [0, 0.1) is 13.8 Å². The van der Waals surface area contributed by atoms with Crippen molar-refractivity contribution in [3.8, 4) is 0 Å². The lowest BCUT2D eigenvalue weighted by Gasteiger charge is -2.10. The van der Waals surface area contributed by atoms with Gasteiger partial charge in [0.15, 0.2) is 5.11 Å². The van der Waals surface area contributed by atoms with Crippen LogP contribution in [-0.4, -0.2) is 16.3 Å². The lowest BCUT2D eigenvalue weighted by atomic mass is 10.1. The Hall–Kier alpha value is -2.79. The van der Waals surface area contributed by atoms with E-state index in [0.717, 1.165) is 27.7 Å². The Morgan fingerprint density at radius 1 is 1.12 bits per heavy atom. The lowest BCUT2D eigenvalue weighted by molar-refractivity contribution is 1.05. The van der Waals surface area contributed by atoms with Crippen molar-refractivity contribution in [2.45, 2.75) is 13.8 Å². The molecule has 120 valence electrons. The number of pyridine rings is 1. The molecule has 4 nitrogen and oxygen atoms in total. The summed E-state index contributed by atoms with van der Waals surface area (Å²) in [7, 11) is 0. The highest BCUT2D eigenvalue weighted by Crippen LogP contribution is 2.15. The number of nitrogens with zero attached hydrogens (tertiary/aromatic N) is 2. The van der Waals surface area contributed by atoms with E-state index >= 15 is 0 Å². The predicted molar refractivity (Wildman–Crippen MR) is 105 cm³/mol. The topological polar surface area (TPSA) is 49.3 Å². The zero-order chi connectivity index (χ0) is 16.9. The summed E-state index contributed by atoms with van der Waals surface area (Å²) < 4.78 is 0. The number of thiocarbonyl (C=S) groups is 1. The highest BCUT2D eigenvalue weighted by molar-refractivity contribution is 7.80. The number of aromatic nitrogens is 1. The van der Waals surface area contributed by atoms with Crippen molar-refractivity contribution in [3.63, 3.8) is 0 Å². The van der Waals surface area contributed by atoms with Crippen LogP contribution in [0.15, 0.2) is 59.8 Å². The Labute approximate surface area is 146 Å². The van der Waals surface area contributed by atoms with E-state index in [-0.39, 0.29) is 0 Å². The molecule has 24 heavy (non-hydrogen) atoms. The molecule has 2 aromatic carbocycles. The molecule has 1 aromatic heterocycles. The standard InChI is InChI=1S/C19H18N4S/c1-13-5-7-17(14(2)10-13)22-19(24)23-21-12-15-6-8-18-16(11-15)4-3-9-20-18/h3-12H,1-2H3,(H2,22,23,24). The summed E-state index contributed by atoms with van der Waals surface area (Å²) in [5, 5.41) is 8.88. The number of anilines is 1. The second-order valence-electron chi connectivity index (χ2n) is 5.60. The molecule has 0 spiro atoms. The zero-order valence-electron chi connectivity index (χ0n) is 13.6. The van der Waals surface area contributed by atoms with Crippen LogP contribution in [0.3, 0.4) is 0 Å². The third-order valence-corrected chi connectivity index (χ3v) is 3.83. The number of nitrogens with one attached hydrogen (secondary N) is 2. The Morgan fingerprint density at radius 2 is 2.00 bits per heavy atom. The number of aryl methyl sites for hydroxylation is 2. The predicted octanol–water partition coefficient (Wildman–Crippen LogP) is 4.17. The van der Waals surface area contributed by atoms with E-state index in [0.29, 0.717) is 5.11 Å². The molecule has 0 radical (unpaired) electrons. The molecule has 2 N–H and O–H groups in total. The van der Waals surface area contributed by atoms with Crippen molar-refractivity contribution in [2.75, 3.05) is 5.32 Å². The molecule has 0 unspecified atom stereocenters. The van der Waals surface area contributed by atoms with Crippen molar-refractivity contribution in [2.24, 2.45) is 5.10 Å². The monoisotopic (exact) mass is 334 g/mol. The molecule has 0 fully saturated rings. The van der Waals surface area contributed by atoms with E-state index in [2.05, 4.69) is 33.8 Å². The first-order chi connectivity index (χ1) is 11.6. The molecule has 0 saturated heterocycles. The summed E-state index contributed by atoms with van der Waals surface area (Å²) in [6, 6.07) is 16.1. The average Bonchev–Trinajstić information content (AvgIpc) is 2.57. The maximum atomic E-state index is 5.27. The van der Waals surface area contributed by atoms with Crippen LogP contribution in [0.4, 0.5) is 5.69 Å². The fourth-order valence-corrected chi connectivity index (χ4v) is 2.61. The van der Waals surface area contributed by atoms with Gasteiger partial charge in [0.05, 0.1) is 11.7 Å². The number of benzene rings is 2. The van der Waals surface area contributed by atoms with Gasteiger partial charge < -0.3 is 5.32 Å². The number of hydrazone groups is 1. The van der Waals surface area contributed by atoms with Crippen LogP contribution in [0.25, 0.3) is 10.9 Å². The summed E-state index contributed by atoms with van der Waals surface area (Å²) >= 11 is 5.27.